The highest BCUT2D eigenvalue weighted by atomic mass is 16.5. The number of benzene rings is 1. The first-order chi connectivity index (χ1) is 8.69. The highest BCUT2D eigenvalue weighted by Gasteiger charge is 2.32. The van der Waals surface area contributed by atoms with Crippen molar-refractivity contribution in [1.82, 2.24) is 5.32 Å². The van der Waals surface area contributed by atoms with Crippen molar-refractivity contribution >= 4 is 5.69 Å². The molecule has 0 saturated carbocycles. The van der Waals surface area contributed by atoms with E-state index >= 15 is 0 Å². The van der Waals surface area contributed by atoms with Gasteiger partial charge in [-0.15, -0.1) is 0 Å². The second kappa shape index (κ2) is 5.61. The van der Waals surface area contributed by atoms with E-state index in [2.05, 4.69) is 43.2 Å². The van der Waals surface area contributed by atoms with Crippen molar-refractivity contribution in [2.24, 2.45) is 5.92 Å². The van der Waals surface area contributed by atoms with Crippen molar-refractivity contribution in [3.8, 4) is 5.75 Å². The molecular formula is C15H24N2O. The molecule has 1 aromatic rings. The molecule has 1 heterocycles. The topological polar surface area (TPSA) is 24.5 Å². The Morgan fingerprint density at radius 1 is 1.28 bits per heavy atom. The van der Waals surface area contributed by atoms with E-state index in [1.165, 1.54) is 12.1 Å². The summed E-state index contributed by atoms with van der Waals surface area (Å²) in [6.07, 6.45) is 1.18. The first kappa shape index (κ1) is 13.2. The van der Waals surface area contributed by atoms with Gasteiger partial charge in [-0.1, -0.05) is 19.1 Å². The van der Waals surface area contributed by atoms with Gasteiger partial charge in [0.05, 0.1) is 12.8 Å². The fourth-order valence-electron chi connectivity index (χ4n) is 2.98. The number of ether oxygens (including phenoxy) is 1. The van der Waals surface area contributed by atoms with E-state index in [1.807, 2.05) is 12.1 Å². The maximum absolute atomic E-state index is 5.48. The summed E-state index contributed by atoms with van der Waals surface area (Å²) in [4.78, 5) is 2.47. The molecule has 3 unspecified atom stereocenters. The van der Waals surface area contributed by atoms with Crippen molar-refractivity contribution in [3.05, 3.63) is 24.3 Å². The van der Waals surface area contributed by atoms with Crippen LogP contribution in [0.25, 0.3) is 0 Å². The molecule has 0 amide bonds. The van der Waals surface area contributed by atoms with Crippen LogP contribution in [0.2, 0.25) is 0 Å². The average Bonchev–Trinajstić information content (AvgIpc) is 2.42. The second-order valence-electron chi connectivity index (χ2n) is 5.15. The molecule has 1 aromatic carbocycles. The van der Waals surface area contributed by atoms with Crippen LogP contribution < -0.4 is 15.0 Å². The van der Waals surface area contributed by atoms with E-state index in [4.69, 9.17) is 4.74 Å². The zero-order chi connectivity index (χ0) is 13.1. The SMILES string of the molecule is CNC1CCN(c2ccccc2OC)C(C)C1C. The molecule has 0 bridgehead atoms. The molecular weight excluding hydrogens is 224 g/mol. The predicted octanol–water partition coefficient (Wildman–Crippen LogP) is 2.52. The third kappa shape index (κ3) is 2.32. The minimum Gasteiger partial charge on any atom is -0.495 e. The lowest BCUT2D eigenvalue weighted by atomic mass is 9.86. The number of methoxy groups -OCH3 is 1. The highest BCUT2D eigenvalue weighted by Crippen LogP contribution is 2.34. The van der Waals surface area contributed by atoms with Gasteiger partial charge < -0.3 is 15.0 Å². The number of piperidine rings is 1. The molecule has 1 saturated heterocycles. The number of para-hydroxylation sites is 2. The fourth-order valence-corrected chi connectivity index (χ4v) is 2.98. The Kier molecular flexibility index (Phi) is 4.12. The van der Waals surface area contributed by atoms with Crippen LogP contribution in [0.5, 0.6) is 5.75 Å². The minimum absolute atomic E-state index is 0.521. The molecule has 0 aromatic heterocycles. The lowest BCUT2D eigenvalue weighted by Crippen LogP contribution is -2.52. The van der Waals surface area contributed by atoms with Gasteiger partial charge in [0, 0.05) is 18.6 Å². The normalized spacial score (nSPS) is 28.2. The molecule has 1 N–H and O–H groups in total. The molecule has 0 radical (unpaired) electrons. The zero-order valence-corrected chi connectivity index (χ0v) is 11.8. The van der Waals surface area contributed by atoms with Crippen LogP contribution in [-0.4, -0.2) is 32.8 Å². The van der Waals surface area contributed by atoms with Gasteiger partial charge in [-0.2, -0.15) is 0 Å². The van der Waals surface area contributed by atoms with Gasteiger partial charge in [0.2, 0.25) is 0 Å². The maximum atomic E-state index is 5.48. The molecule has 100 valence electrons. The predicted molar refractivity (Wildman–Crippen MR) is 76.4 cm³/mol. The third-order valence-corrected chi connectivity index (χ3v) is 4.33. The fraction of sp³-hybridized carbons (Fsp3) is 0.600. The Labute approximate surface area is 110 Å². The minimum atomic E-state index is 0.521. The van der Waals surface area contributed by atoms with Gasteiger partial charge >= 0.3 is 0 Å². The molecule has 0 spiro atoms. The number of anilines is 1. The number of hydrogen-bond acceptors (Lipinski definition) is 3. The number of hydrogen-bond donors (Lipinski definition) is 1. The quantitative estimate of drug-likeness (QED) is 0.889. The largest absolute Gasteiger partial charge is 0.495 e. The van der Waals surface area contributed by atoms with Crippen LogP contribution in [0.4, 0.5) is 5.69 Å². The molecule has 3 atom stereocenters. The van der Waals surface area contributed by atoms with E-state index in [0.717, 1.165) is 12.3 Å². The molecule has 0 aliphatic carbocycles. The van der Waals surface area contributed by atoms with E-state index in [-0.39, 0.29) is 0 Å². The van der Waals surface area contributed by atoms with Gasteiger partial charge in [-0.05, 0) is 38.4 Å². The van der Waals surface area contributed by atoms with E-state index in [9.17, 15) is 0 Å². The first-order valence-corrected chi connectivity index (χ1v) is 6.76. The number of nitrogens with zero attached hydrogens (tertiary/aromatic N) is 1. The van der Waals surface area contributed by atoms with E-state index < -0.39 is 0 Å². The molecule has 18 heavy (non-hydrogen) atoms. The summed E-state index contributed by atoms with van der Waals surface area (Å²) < 4.78 is 5.48. The Bertz CT molecular complexity index is 394. The van der Waals surface area contributed by atoms with Gasteiger partial charge in [0.25, 0.3) is 0 Å². The maximum Gasteiger partial charge on any atom is 0.142 e. The lowest BCUT2D eigenvalue weighted by Gasteiger charge is -2.44. The molecule has 2 rings (SSSR count). The zero-order valence-electron chi connectivity index (χ0n) is 11.8. The standard InChI is InChI=1S/C15H24N2O/c1-11-12(2)17(10-9-13(11)16-3)14-7-5-6-8-15(14)18-4/h5-8,11-13,16H,9-10H2,1-4H3. The van der Waals surface area contributed by atoms with Crippen LogP contribution in [0.1, 0.15) is 20.3 Å². The van der Waals surface area contributed by atoms with Gasteiger partial charge in [-0.25, -0.2) is 0 Å². The number of nitrogens with one attached hydrogen (secondary N) is 1. The van der Waals surface area contributed by atoms with Crippen molar-refractivity contribution in [2.75, 3.05) is 25.6 Å². The Balaban J connectivity index is 2.24. The molecule has 1 aliphatic rings. The summed E-state index contributed by atoms with van der Waals surface area (Å²) in [6, 6.07) is 9.44. The Morgan fingerprint density at radius 2 is 2.00 bits per heavy atom. The Hall–Kier alpha value is -1.22. The summed E-state index contributed by atoms with van der Waals surface area (Å²) in [5.74, 6) is 1.60. The molecule has 1 fully saturated rings. The second-order valence-corrected chi connectivity index (χ2v) is 5.15. The smallest absolute Gasteiger partial charge is 0.142 e. The van der Waals surface area contributed by atoms with E-state index in [1.54, 1.807) is 7.11 Å². The summed E-state index contributed by atoms with van der Waals surface area (Å²) in [5, 5.41) is 3.43. The molecule has 3 heteroatoms. The van der Waals surface area contributed by atoms with Crippen molar-refractivity contribution in [1.29, 1.82) is 0 Å². The summed E-state index contributed by atoms with van der Waals surface area (Å²) in [7, 11) is 3.81. The van der Waals surface area contributed by atoms with Crippen LogP contribution in [0, 0.1) is 5.92 Å². The van der Waals surface area contributed by atoms with Gasteiger partial charge in [0.1, 0.15) is 5.75 Å². The Morgan fingerprint density at radius 3 is 2.67 bits per heavy atom. The van der Waals surface area contributed by atoms with Gasteiger partial charge in [-0.3, -0.25) is 0 Å². The lowest BCUT2D eigenvalue weighted by molar-refractivity contribution is 0.280. The highest BCUT2D eigenvalue weighted by molar-refractivity contribution is 5.59. The monoisotopic (exact) mass is 248 g/mol. The summed E-state index contributed by atoms with van der Waals surface area (Å²) in [5.41, 5.74) is 1.22. The molecule has 1 aliphatic heterocycles. The van der Waals surface area contributed by atoms with Crippen LogP contribution in [-0.2, 0) is 0 Å². The van der Waals surface area contributed by atoms with E-state index in [0.29, 0.717) is 18.0 Å². The van der Waals surface area contributed by atoms with Gasteiger partial charge in [0.15, 0.2) is 0 Å². The van der Waals surface area contributed by atoms with Crippen molar-refractivity contribution in [2.45, 2.75) is 32.4 Å². The average molecular weight is 248 g/mol. The van der Waals surface area contributed by atoms with Crippen LogP contribution in [0.15, 0.2) is 24.3 Å². The first-order valence-electron chi connectivity index (χ1n) is 6.76. The van der Waals surface area contributed by atoms with Crippen molar-refractivity contribution < 1.29 is 4.74 Å². The summed E-state index contributed by atoms with van der Waals surface area (Å²) >= 11 is 0. The summed E-state index contributed by atoms with van der Waals surface area (Å²) in [6.45, 7) is 5.71. The van der Waals surface area contributed by atoms with Crippen LogP contribution >= 0.6 is 0 Å². The van der Waals surface area contributed by atoms with Crippen LogP contribution in [0.3, 0.4) is 0 Å². The number of rotatable bonds is 3. The third-order valence-electron chi connectivity index (χ3n) is 4.33. The van der Waals surface area contributed by atoms with Crippen molar-refractivity contribution in [3.63, 3.8) is 0 Å². The molecule has 3 nitrogen and oxygen atoms in total.